The van der Waals surface area contributed by atoms with Gasteiger partial charge in [-0.2, -0.15) is 0 Å². The van der Waals surface area contributed by atoms with Gasteiger partial charge in [-0.05, 0) is 31.8 Å². The Balaban J connectivity index is 2.35. The molecule has 5 nitrogen and oxygen atoms in total. The zero-order valence-corrected chi connectivity index (χ0v) is 9.64. The molecule has 1 rings (SSSR count). The van der Waals surface area contributed by atoms with E-state index < -0.39 is 0 Å². The van der Waals surface area contributed by atoms with Crippen LogP contribution in [-0.2, 0) is 6.54 Å². The minimum absolute atomic E-state index is 0.446. The second kappa shape index (κ2) is 6.79. The van der Waals surface area contributed by atoms with Crippen LogP contribution in [0.1, 0.15) is 5.56 Å². The van der Waals surface area contributed by atoms with Crippen LogP contribution in [-0.4, -0.2) is 32.1 Å². The average Bonchev–Trinajstić information content (AvgIpc) is 2.27. The second-order valence-electron chi connectivity index (χ2n) is 3.72. The molecule has 0 spiro atoms. The Kier molecular flexibility index (Phi) is 5.28. The molecule has 0 aliphatic carbocycles. The molecule has 16 heavy (non-hydrogen) atoms. The number of hydrogen-bond acceptors (Lipinski definition) is 4. The summed E-state index contributed by atoms with van der Waals surface area (Å²) in [7, 11) is 4.01. The molecule has 0 saturated heterocycles. The van der Waals surface area contributed by atoms with Crippen molar-refractivity contribution in [1.82, 2.24) is 10.3 Å². The van der Waals surface area contributed by atoms with Crippen LogP contribution in [0, 0.1) is 4.91 Å². The van der Waals surface area contributed by atoms with Crippen molar-refractivity contribution in [1.29, 1.82) is 0 Å². The maximum atomic E-state index is 9.86. The predicted molar refractivity (Wildman–Crippen MR) is 63.1 cm³/mol. The largest absolute Gasteiger partial charge is 0.492 e. The first kappa shape index (κ1) is 12.4. The fraction of sp³-hybridized carbons (Fsp3) is 0.455. The van der Waals surface area contributed by atoms with Gasteiger partial charge in [-0.15, -0.1) is 4.91 Å². The van der Waals surface area contributed by atoms with Crippen molar-refractivity contribution >= 4 is 0 Å². The van der Waals surface area contributed by atoms with Gasteiger partial charge in [-0.25, -0.2) is 0 Å². The summed E-state index contributed by atoms with van der Waals surface area (Å²) in [5.74, 6) is 0.838. The molecular formula is C11H17N3O2. The smallest absolute Gasteiger partial charge is 0.119 e. The number of nitroso groups, excluding NO2 is 1. The Morgan fingerprint density at radius 3 is 2.56 bits per heavy atom. The first-order valence-electron chi connectivity index (χ1n) is 5.14. The number of nitrogens with one attached hydrogen (secondary N) is 1. The number of likely N-dealkylation sites (N-methyl/N-ethyl adjacent to an activating group) is 1. The fourth-order valence-electron chi connectivity index (χ4n) is 1.17. The molecule has 0 aliphatic rings. The molecule has 0 aliphatic heterocycles. The van der Waals surface area contributed by atoms with Gasteiger partial charge in [0.05, 0.1) is 6.54 Å². The van der Waals surface area contributed by atoms with Gasteiger partial charge in [0.15, 0.2) is 0 Å². The van der Waals surface area contributed by atoms with Crippen LogP contribution < -0.4 is 10.2 Å². The van der Waals surface area contributed by atoms with Gasteiger partial charge in [0, 0.05) is 11.8 Å². The van der Waals surface area contributed by atoms with Gasteiger partial charge in [0.1, 0.15) is 12.4 Å². The van der Waals surface area contributed by atoms with Gasteiger partial charge >= 0.3 is 0 Å². The van der Waals surface area contributed by atoms with Gasteiger partial charge in [0.2, 0.25) is 0 Å². The Morgan fingerprint density at radius 2 is 2.00 bits per heavy atom. The van der Waals surface area contributed by atoms with Gasteiger partial charge in [-0.3, -0.25) is 5.43 Å². The summed E-state index contributed by atoms with van der Waals surface area (Å²) in [6.45, 7) is 2.00. The Bertz CT molecular complexity index is 312. The van der Waals surface area contributed by atoms with E-state index in [0.29, 0.717) is 13.2 Å². The van der Waals surface area contributed by atoms with Gasteiger partial charge in [-0.1, -0.05) is 12.1 Å². The van der Waals surface area contributed by atoms with Gasteiger partial charge in [0.25, 0.3) is 0 Å². The highest BCUT2D eigenvalue weighted by Gasteiger charge is 1.96. The van der Waals surface area contributed by atoms with Crippen molar-refractivity contribution in [2.75, 3.05) is 27.2 Å². The molecule has 1 aromatic carbocycles. The van der Waals surface area contributed by atoms with Crippen LogP contribution in [0.4, 0.5) is 0 Å². The van der Waals surface area contributed by atoms with E-state index in [0.717, 1.165) is 17.9 Å². The van der Waals surface area contributed by atoms with E-state index in [-0.39, 0.29) is 0 Å². The zero-order chi connectivity index (χ0) is 11.8. The minimum Gasteiger partial charge on any atom is -0.492 e. The molecular weight excluding hydrogens is 206 g/mol. The van der Waals surface area contributed by atoms with E-state index in [4.69, 9.17) is 4.74 Å². The molecule has 0 radical (unpaired) electrons. The van der Waals surface area contributed by atoms with E-state index in [1.54, 1.807) is 0 Å². The fourth-order valence-corrected chi connectivity index (χ4v) is 1.17. The van der Waals surface area contributed by atoms with Crippen molar-refractivity contribution in [2.45, 2.75) is 6.54 Å². The Labute approximate surface area is 95.3 Å². The molecule has 0 aromatic heterocycles. The molecule has 0 bridgehead atoms. The number of hydrogen-bond donors (Lipinski definition) is 1. The summed E-state index contributed by atoms with van der Waals surface area (Å²) in [6.07, 6.45) is 0. The van der Waals surface area contributed by atoms with Crippen molar-refractivity contribution in [3.05, 3.63) is 34.7 Å². The normalized spacial score (nSPS) is 10.2. The van der Waals surface area contributed by atoms with Gasteiger partial charge < -0.3 is 9.64 Å². The van der Waals surface area contributed by atoms with Crippen LogP contribution in [0.15, 0.2) is 29.6 Å². The van der Waals surface area contributed by atoms with Crippen LogP contribution >= 0.6 is 0 Å². The van der Waals surface area contributed by atoms with Crippen LogP contribution in [0.5, 0.6) is 5.75 Å². The third-order valence-electron chi connectivity index (χ3n) is 2.08. The molecule has 5 heteroatoms. The van der Waals surface area contributed by atoms with E-state index in [9.17, 15) is 4.91 Å². The summed E-state index contributed by atoms with van der Waals surface area (Å²) in [6, 6.07) is 7.58. The third kappa shape index (κ3) is 4.75. The van der Waals surface area contributed by atoms with Crippen molar-refractivity contribution in [2.24, 2.45) is 5.29 Å². The van der Waals surface area contributed by atoms with Crippen LogP contribution in [0.25, 0.3) is 0 Å². The molecule has 1 aromatic rings. The van der Waals surface area contributed by atoms with Crippen molar-refractivity contribution in [3.8, 4) is 5.75 Å². The maximum absolute atomic E-state index is 9.86. The minimum atomic E-state index is 0.446. The highest BCUT2D eigenvalue weighted by molar-refractivity contribution is 5.27. The summed E-state index contributed by atoms with van der Waals surface area (Å²) < 4.78 is 5.53. The van der Waals surface area contributed by atoms with Crippen molar-refractivity contribution in [3.63, 3.8) is 0 Å². The lowest BCUT2D eigenvalue weighted by Gasteiger charge is -2.11. The molecule has 0 saturated carbocycles. The maximum Gasteiger partial charge on any atom is 0.119 e. The molecule has 0 fully saturated rings. The predicted octanol–water partition coefficient (Wildman–Crippen LogP) is 1.40. The summed E-state index contributed by atoms with van der Waals surface area (Å²) in [5.41, 5.74) is 3.36. The monoisotopic (exact) mass is 223 g/mol. The summed E-state index contributed by atoms with van der Waals surface area (Å²) in [4.78, 5) is 11.9. The van der Waals surface area contributed by atoms with E-state index in [1.165, 1.54) is 0 Å². The van der Waals surface area contributed by atoms with Crippen molar-refractivity contribution < 1.29 is 4.74 Å². The Hall–Kier alpha value is -1.62. The second-order valence-corrected chi connectivity index (χ2v) is 3.72. The molecule has 0 atom stereocenters. The number of nitrogens with zero attached hydrogens (tertiary/aromatic N) is 2. The number of ether oxygens (including phenoxy) is 1. The quantitative estimate of drug-likeness (QED) is 0.560. The lowest BCUT2D eigenvalue weighted by atomic mass is 10.2. The molecule has 88 valence electrons. The highest BCUT2D eigenvalue weighted by atomic mass is 16.5. The lowest BCUT2D eigenvalue weighted by Crippen LogP contribution is -2.19. The highest BCUT2D eigenvalue weighted by Crippen LogP contribution is 2.11. The molecule has 0 unspecified atom stereocenters. The van der Waals surface area contributed by atoms with E-state index >= 15 is 0 Å². The average molecular weight is 223 g/mol. The first-order chi connectivity index (χ1) is 7.72. The molecule has 0 amide bonds. The standard InChI is InChI=1S/C11H17N3O2/c1-14(2)7-8-16-11-5-3-10(4-6-11)9-12-13-15/h3-6H,7-9H2,1-2H3,(H,12,15). The number of benzene rings is 1. The summed E-state index contributed by atoms with van der Waals surface area (Å²) >= 11 is 0. The zero-order valence-electron chi connectivity index (χ0n) is 9.64. The summed E-state index contributed by atoms with van der Waals surface area (Å²) in [5, 5.41) is 2.59. The van der Waals surface area contributed by atoms with E-state index in [1.807, 2.05) is 38.4 Å². The SMILES string of the molecule is CN(C)CCOc1ccc(CNN=O)cc1. The number of rotatable bonds is 7. The van der Waals surface area contributed by atoms with Crippen LogP contribution in [0.2, 0.25) is 0 Å². The third-order valence-corrected chi connectivity index (χ3v) is 2.08. The molecule has 1 N–H and O–H groups in total. The lowest BCUT2D eigenvalue weighted by molar-refractivity contribution is 0.261. The topological polar surface area (TPSA) is 53.9 Å². The first-order valence-corrected chi connectivity index (χ1v) is 5.14. The molecule has 0 heterocycles. The van der Waals surface area contributed by atoms with Crippen LogP contribution in [0.3, 0.4) is 0 Å². The Morgan fingerprint density at radius 1 is 1.31 bits per heavy atom. The van der Waals surface area contributed by atoms with E-state index in [2.05, 4.69) is 15.6 Å².